The number of thiophene rings is 1. The Balaban J connectivity index is 1.56. The van der Waals surface area contributed by atoms with E-state index in [9.17, 15) is 0 Å². The minimum Gasteiger partial charge on any atom is -0.355 e. The summed E-state index contributed by atoms with van der Waals surface area (Å²) in [5.74, 6) is 0. The molecule has 2 heterocycles. The van der Waals surface area contributed by atoms with Gasteiger partial charge in [-0.3, -0.25) is 4.98 Å². The van der Waals surface area contributed by atoms with Crippen molar-refractivity contribution in [2.75, 3.05) is 5.32 Å². The number of pyridine rings is 1. The molecule has 3 heteroatoms. The van der Waals surface area contributed by atoms with Crippen molar-refractivity contribution in [3.8, 4) is 22.3 Å². The van der Waals surface area contributed by atoms with Crippen molar-refractivity contribution in [1.29, 1.82) is 0 Å². The van der Waals surface area contributed by atoms with E-state index in [1.54, 1.807) is 0 Å². The number of aromatic nitrogens is 1. The standard InChI is InChI=1S/C29H20N2S/c1-2-8-21(9-3-1)31-27-15-5-4-10-23(27)24-12-7-14-26-25-13-6-11-22(28(25)32-29(24)26)20-16-18-30-19-17-20/h1-19,31H. The van der Waals surface area contributed by atoms with E-state index < -0.39 is 0 Å². The van der Waals surface area contributed by atoms with Gasteiger partial charge in [0.1, 0.15) is 0 Å². The first-order chi connectivity index (χ1) is 15.9. The number of benzene rings is 4. The van der Waals surface area contributed by atoms with Crippen molar-refractivity contribution in [3.63, 3.8) is 0 Å². The third-order valence-electron chi connectivity index (χ3n) is 5.79. The lowest BCUT2D eigenvalue weighted by molar-refractivity contribution is 1.33. The molecule has 2 aromatic heterocycles. The number of hydrogen-bond acceptors (Lipinski definition) is 3. The fraction of sp³-hybridized carbons (Fsp3) is 0. The maximum absolute atomic E-state index is 4.19. The number of nitrogens with one attached hydrogen (secondary N) is 1. The molecule has 4 aromatic carbocycles. The molecule has 32 heavy (non-hydrogen) atoms. The zero-order valence-electron chi connectivity index (χ0n) is 17.3. The third kappa shape index (κ3) is 3.24. The van der Waals surface area contributed by atoms with E-state index in [4.69, 9.17) is 0 Å². The summed E-state index contributed by atoms with van der Waals surface area (Å²) in [6, 6.07) is 36.3. The van der Waals surface area contributed by atoms with Gasteiger partial charge in [0, 0.05) is 55.1 Å². The summed E-state index contributed by atoms with van der Waals surface area (Å²) in [6.45, 7) is 0. The number of fused-ring (bicyclic) bond motifs is 3. The summed E-state index contributed by atoms with van der Waals surface area (Å²) >= 11 is 1.87. The predicted molar refractivity (Wildman–Crippen MR) is 138 cm³/mol. The van der Waals surface area contributed by atoms with Crippen LogP contribution in [0.3, 0.4) is 0 Å². The Morgan fingerprint density at radius 1 is 0.531 bits per heavy atom. The lowest BCUT2D eigenvalue weighted by Gasteiger charge is -2.13. The normalized spacial score (nSPS) is 11.1. The molecule has 0 saturated carbocycles. The van der Waals surface area contributed by atoms with E-state index >= 15 is 0 Å². The van der Waals surface area contributed by atoms with Gasteiger partial charge in [0.15, 0.2) is 0 Å². The number of anilines is 2. The average molecular weight is 429 g/mol. The van der Waals surface area contributed by atoms with Gasteiger partial charge in [-0.15, -0.1) is 11.3 Å². The minimum absolute atomic E-state index is 1.09. The van der Waals surface area contributed by atoms with Gasteiger partial charge in [0.2, 0.25) is 0 Å². The molecular weight excluding hydrogens is 408 g/mol. The Morgan fingerprint density at radius 3 is 1.94 bits per heavy atom. The second-order valence-electron chi connectivity index (χ2n) is 7.74. The van der Waals surface area contributed by atoms with E-state index in [1.165, 1.54) is 42.4 Å². The summed E-state index contributed by atoms with van der Waals surface area (Å²) in [5, 5.41) is 6.20. The fourth-order valence-electron chi connectivity index (χ4n) is 4.30. The molecule has 0 fully saturated rings. The lowest BCUT2D eigenvalue weighted by Crippen LogP contribution is -1.92. The van der Waals surface area contributed by atoms with Crippen molar-refractivity contribution < 1.29 is 0 Å². The molecule has 0 aliphatic rings. The first-order valence-electron chi connectivity index (χ1n) is 10.6. The van der Waals surface area contributed by atoms with Crippen LogP contribution < -0.4 is 5.32 Å². The second-order valence-corrected chi connectivity index (χ2v) is 8.76. The van der Waals surface area contributed by atoms with Gasteiger partial charge in [-0.25, -0.2) is 0 Å². The first-order valence-corrected chi connectivity index (χ1v) is 11.5. The van der Waals surface area contributed by atoms with Crippen molar-refractivity contribution >= 4 is 42.9 Å². The van der Waals surface area contributed by atoms with Crippen LogP contribution in [0.2, 0.25) is 0 Å². The molecule has 0 saturated heterocycles. The van der Waals surface area contributed by atoms with Crippen LogP contribution in [0.25, 0.3) is 42.4 Å². The molecule has 0 radical (unpaired) electrons. The molecule has 152 valence electrons. The van der Waals surface area contributed by atoms with E-state index in [0.29, 0.717) is 0 Å². The maximum atomic E-state index is 4.19. The predicted octanol–water partition coefficient (Wildman–Crippen LogP) is 8.53. The van der Waals surface area contributed by atoms with E-state index in [1.807, 2.05) is 29.8 Å². The van der Waals surface area contributed by atoms with Crippen molar-refractivity contribution in [1.82, 2.24) is 4.98 Å². The Labute approximate surface area is 190 Å². The first kappa shape index (κ1) is 18.8. The fourth-order valence-corrected chi connectivity index (χ4v) is 5.66. The van der Waals surface area contributed by atoms with Gasteiger partial charge in [-0.05, 0) is 41.5 Å². The highest BCUT2D eigenvalue weighted by atomic mass is 32.1. The van der Waals surface area contributed by atoms with Gasteiger partial charge in [0.05, 0.1) is 0 Å². The highest BCUT2D eigenvalue weighted by molar-refractivity contribution is 7.26. The molecule has 1 N–H and O–H groups in total. The Kier molecular flexibility index (Phi) is 4.67. The molecule has 0 aliphatic carbocycles. The molecule has 0 bridgehead atoms. The molecule has 0 atom stereocenters. The smallest absolute Gasteiger partial charge is 0.0464 e. The maximum Gasteiger partial charge on any atom is 0.0464 e. The summed E-state index contributed by atoms with van der Waals surface area (Å²) in [4.78, 5) is 4.19. The largest absolute Gasteiger partial charge is 0.355 e. The number of para-hydroxylation sites is 2. The van der Waals surface area contributed by atoms with Crippen molar-refractivity contribution in [2.24, 2.45) is 0 Å². The Bertz CT molecular complexity index is 1540. The molecule has 0 amide bonds. The molecule has 2 nitrogen and oxygen atoms in total. The summed E-state index contributed by atoms with van der Waals surface area (Å²) in [6.07, 6.45) is 3.72. The molecule has 0 spiro atoms. The molecule has 0 aliphatic heterocycles. The number of nitrogens with zero attached hydrogens (tertiary/aromatic N) is 1. The molecule has 0 unspecified atom stereocenters. The SMILES string of the molecule is c1ccc(Nc2ccccc2-c2cccc3c2sc2c(-c4ccncc4)cccc23)cc1. The highest BCUT2D eigenvalue weighted by Gasteiger charge is 2.15. The van der Waals surface area contributed by atoms with E-state index in [0.717, 1.165) is 11.4 Å². The van der Waals surface area contributed by atoms with Crippen LogP contribution in [0.4, 0.5) is 11.4 Å². The van der Waals surface area contributed by atoms with Gasteiger partial charge in [-0.1, -0.05) is 72.8 Å². The van der Waals surface area contributed by atoms with Gasteiger partial charge < -0.3 is 5.32 Å². The lowest BCUT2D eigenvalue weighted by atomic mass is 9.99. The summed E-state index contributed by atoms with van der Waals surface area (Å²) < 4.78 is 2.63. The zero-order valence-corrected chi connectivity index (χ0v) is 18.1. The molecular formula is C29H20N2S. The zero-order chi connectivity index (χ0) is 21.3. The van der Waals surface area contributed by atoms with Gasteiger partial charge >= 0.3 is 0 Å². The summed E-state index contributed by atoms with van der Waals surface area (Å²) in [5.41, 5.74) is 7.11. The highest BCUT2D eigenvalue weighted by Crippen LogP contribution is 2.45. The van der Waals surface area contributed by atoms with Crippen LogP contribution in [0.5, 0.6) is 0 Å². The third-order valence-corrected chi connectivity index (χ3v) is 7.07. The number of rotatable bonds is 4. The van der Waals surface area contributed by atoms with Gasteiger partial charge in [-0.2, -0.15) is 0 Å². The summed E-state index contributed by atoms with van der Waals surface area (Å²) in [7, 11) is 0. The van der Waals surface area contributed by atoms with Crippen molar-refractivity contribution in [3.05, 3.63) is 116 Å². The molecule has 6 aromatic rings. The van der Waals surface area contributed by atoms with Crippen LogP contribution in [0, 0.1) is 0 Å². The van der Waals surface area contributed by atoms with Crippen LogP contribution in [0.15, 0.2) is 116 Å². The van der Waals surface area contributed by atoms with Crippen LogP contribution in [0.1, 0.15) is 0 Å². The Hall–Kier alpha value is -3.95. The van der Waals surface area contributed by atoms with Crippen LogP contribution >= 0.6 is 11.3 Å². The number of hydrogen-bond donors (Lipinski definition) is 1. The van der Waals surface area contributed by atoms with Gasteiger partial charge in [0.25, 0.3) is 0 Å². The van der Waals surface area contributed by atoms with Crippen molar-refractivity contribution in [2.45, 2.75) is 0 Å². The second kappa shape index (κ2) is 7.95. The Morgan fingerprint density at radius 2 is 1.16 bits per heavy atom. The quantitative estimate of drug-likeness (QED) is 0.304. The minimum atomic E-state index is 1.09. The molecule has 6 rings (SSSR count). The topological polar surface area (TPSA) is 24.9 Å². The van der Waals surface area contributed by atoms with Crippen LogP contribution in [-0.2, 0) is 0 Å². The van der Waals surface area contributed by atoms with Crippen LogP contribution in [-0.4, -0.2) is 4.98 Å². The average Bonchev–Trinajstić information content (AvgIpc) is 3.25. The van der Waals surface area contributed by atoms with E-state index in [2.05, 4.69) is 107 Å². The monoisotopic (exact) mass is 428 g/mol. The van der Waals surface area contributed by atoms with E-state index in [-0.39, 0.29) is 0 Å².